The Morgan fingerprint density at radius 1 is 1.30 bits per heavy atom. The van der Waals surface area contributed by atoms with Crippen LogP contribution in [0.3, 0.4) is 0 Å². The number of carboxylic acids is 1. The molecular weight excluding hydrogens is 276 g/mol. The molecule has 0 aliphatic carbocycles. The Morgan fingerprint density at radius 2 is 2.15 bits per heavy atom. The van der Waals surface area contributed by atoms with E-state index >= 15 is 0 Å². The van der Waals surface area contributed by atoms with Crippen LogP contribution < -0.4 is 0 Å². The summed E-state index contributed by atoms with van der Waals surface area (Å²) in [5, 5.41) is 12.9. The number of thiophene rings is 1. The van der Waals surface area contributed by atoms with Gasteiger partial charge in [-0.25, -0.2) is 4.79 Å². The minimum Gasteiger partial charge on any atom is -0.478 e. The fourth-order valence-corrected chi connectivity index (χ4v) is 2.57. The summed E-state index contributed by atoms with van der Waals surface area (Å²) in [7, 11) is 0. The van der Waals surface area contributed by atoms with Crippen LogP contribution in [0.5, 0.6) is 0 Å². The largest absolute Gasteiger partial charge is 0.478 e. The van der Waals surface area contributed by atoms with Gasteiger partial charge in [0.25, 0.3) is 5.89 Å². The van der Waals surface area contributed by atoms with Crippen molar-refractivity contribution in [2.24, 2.45) is 0 Å². The molecule has 2 aromatic heterocycles. The quantitative estimate of drug-likeness (QED) is 0.797. The first-order valence-electron chi connectivity index (χ1n) is 5.88. The number of carboxylic acid groups (broad SMARTS) is 1. The van der Waals surface area contributed by atoms with Gasteiger partial charge in [-0.3, -0.25) is 0 Å². The maximum absolute atomic E-state index is 11.0. The lowest BCUT2D eigenvalue weighted by atomic mass is 10.1. The number of carbonyl (C=O) groups is 1. The summed E-state index contributed by atoms with van der Waals surface area (Å²) >= 11 is 1.57. The van der Waals surface area contributed by atoms with Crippen LogP contribution in [0.4, 0.5) is 0 Å². The zero-order chi connectivity index (χ0) is 14.1. The summed E-state index contributed by atoms with van der Waals surface area (Å²) in [6.07, 6.45) is 0. The molecule has 0 amide bonds. The number of hydrogen-bond acceptors (Lipinski definition) is 5. The Hall–Kier alpha value is -2.47. The standard InChI is InChI=1S/C14H10N2O3S/c1-8-5-6-11(20-8)13-15-12(16-19-13)9-3-2-4-10(7-9)14(17)18/h2-7H,1H3,(H,17,18). The molecule has 0 atom stereocenters. The van der Waals surface area contributed by atoms with E-state index in [0.717, 1.165) is 9.75 Å². The lowest BCUT2D eigenvalue weighted by molar-refractivity contribution is 0.0697. The van der Waals surface area contributed by atoms with Crippen LogP contribution >= 0.6 is 11.3 Å². The molecule has 1 N–H and O–H groups in total. The molecule has 0 fully saturated rings. The fourth-order valence-electron chi connectivity index (χ4n) is 1.78. The zero-order valence-electron chi connectivity index (χ0n) is 10.5. The third kappa shape index (κ3) is 2.33. The normalized spacial score (nSPS) is 10.7. The van der Waals surface area contributed by atoms with E-state index in [2.05, 4.69) is 10.1 Å². The lowest BCUT2D eigenvalue weighted by Gasteiger charge is -1.96. The highest BCUT2D eigenvalue weighted by Crippen LogP contribution is 2.28. The lowest BCUT2D eigenvalue weighted by Crippen LogP contribution is -1.96. The zero-order valence-corrected chi connectivity index (χ0v) is 11.3. The van der Waals surface area contributed by atoms with Crippen LogP contribution in [-0.4, -0.2) is 21.2 Å². The van der Waals surface area contributed by atoms with E-state index in [1.165, 1.54) is 12.1 Å². The van der Waals surface area contributed by atoms with Crippen LogP contribution in [-0.2, 0) is 0 Å². The third-order valence-corrected chi connectivity index (χ3v) is 3.73. The van der Waals surface area contributed by atoms with Gasteiger partial charge in [0.1, 0.15) is 0 Å². The van der Waals surface area contributed by atoms with Crippen LogP contribution in [0.25, 0.3) is 22.2 Å². The highest BCUT2D eigenvalue weighted by Gasteiger charge is 2.13. The minimum atomic E-state index is -0.982. The van der Waals surface area contributed by atoms with Crippen molar-refractivity contribution in [2.75, 3.05) is 0 Å². The Bertz CT molecular complexity index is 776. The predicted molar refractivity (Wildman–Crippen MR) is 74.7 cm³/mol. The van der Waals surface area contributed by atoms with Gasteiger partial charge < -0.3 is 9.63 Å². The number of hydrogen-bond donors (Lipinski definition) is 1. The first-order valence-corrected chi connectivity index (χ1v) is 6.69. The maximum atomic E-state index is 11.0. The minimum absolute atomic E-state index is 0.195. The number of aryl methyl sites for hydroxylation is 1. The first kappa shape index (κ1) is 12.6. The average Bonchev–Trinajstić information content (AvgIpc) is 3.07. The molecule has 100 valence electrons. The van der Waals surface area contributed by atoms with Crippen LogP contribution in [0.15, 0.2) is 40.9 Å². The van der Waals surface area contributed by atoms with E-state index in [-0.39, 0.29) is 5.56 Å². The molecule has 6 heteroatoms. The van der Waals surface area contributed by atoms with Gasteiger partial charge in [0.05, 0.1) is 10.4 Å². The molecule has 0 saturated heterocycles. The van der Waals surface area contributed by atoms with Crippen molar-refractivity contribution < 1.29 is 14.4 Å². The van der Waals surface area contributed by atoms with Gasteiger partial charge in [-0.2, -0.15) is 4.98 Å². The van der Waals surface area contributed by atoms with Gasteiger partial charge in [0.2, 0.25) is 5.82 Å². The molecule has 2 heterocycles. The molecule has 20 heavy (non-hydrogen) atoms. The average molecular weight is 286 g/mol. The maximum Gasteiger partial charge on any atom is 0.335 e. The van der Waals surface area contributed by atoms with E-state index in [1.54, 1.807) is 23.5 Å². The van der Waals surface area contributed by atoms with Gasteiger partial charge in [0.15, 0.2) is 0 Å². The Kier molecular flexibility index (Phi) is 3.08. The second kappa shape index (κ2) is 4.90. The van der Waals surface area contributed by atoms with Crippen molar-refractivity contribution >= 4 is 17.3 Å². The van der Waals surface area contributed by atoms with Gasteiger partial charge in [-0.05, 0) is 31.2 Å². The van der Waals surface area contributed by atoms with Crippen LogP contribution in [0.2, 0.25) is 0 Å². The van der Waals surface area contributed by atoms with Crippen molar-refractivity contribution in [2.45, 2.75) is 6.92 Å². The van der Waals surface area contributed by atoms with Gasteiger partial charge in [0, 0.05) is 10.4 Å². The number of aromatic nitrogens is 2. The smallest absolute Gasteiger partial charge is 0.335 e. The highest BCUT2D eigenvalue weighted by atomic mass is 32.1. The number of aromatic carboxylic acids is 1. The summed E-state index contributed by atoms with van der Waals surface area (Å²) in [4.78, 5) is 17.3. The van der Waals surface area contributed by atoms with E-state index in [4.69, 9.17) is 9.63 Å². The van der Waals surface area contributed by atoms with Crippen molar-refractivity contribution in [3.63, 3.8) is 0 Å². The van der Waals surface area contributed by atoms with E-state index in [9.17, 15) is 4.79 Å². The van der Waals surface area contributed by atoms with Crippen molar-refractivity contribution in [1.82, 2.24) is 10.1 Å². The number of nitrogens with zero attached hydrogens (tertiary/aromatic N) is 2. The van der Waals surface area contributed by atoms with Crippen LogP contribution in [0.1, 0.15) is 15.2 Å². The molecule has 0 bridgehead atoms. The Morgan fingerprint density at radius 3 is 2.85 bits per heavy atom. The topological polar surface area (TPSA) is 76.2 Å². The summed E-state index contributed by atoms with van der Waals surface area (Å²) < 4.78 is 5.22. The van der Waals surface area contributed by atoms with E-state index < -0.39 is 5.97 Å². The molecule has 0 saturated carbocycles. The molecule has 0 spiro atoms. The van der Waals surface area contributed by atoms with Crippen LogP contribution in [0, 0.1) is 6.92 Å². The van der Waals surface area contributed by atoms with E-state index in [1.807, 2.05) is 19.1 Å². The molecule has 0 aliphatic rings. The van der Waals surface area contributed by atoms with Gasteiger partial charge in [-0.15, -0.1) is 11.3 Å². The molecule has 5 nitrogen and oxygen atoms in total. The number of rotatable bonds is 3. The van der Waals surface area contributed by atoms with Gasteiger partial charge in [-0.1, -0.05) is 17.3 Å². The van der Waals surface area contributed by atoms with Crippen molar-refractivity contribution in [3.05, 3.63) is 46.8 Å². The summed E-state index contributed by atoms with van der Waals surface area (Å²) in [5.41, 5.74) is 0.814. The SMILES string of the molecule is Cc1ccc(-c2nc(-c3cccc(C(=O)O)c3)no2)s1. The highest BCUT2D eigenvalue weighted by molar-refractivity contribution is 7.15. The molecular formula is C14H10N2O3S. The Labute approximate surface area is 118 Å². The molecule has 3 aromatic rings. The first-order chi connectivity index (χ1) is 9.63. The third-order valence-electron chi connectivity index (χ3n) is 2.74. The summed E-state index contributed by atoms with van der Waals surface area (Å²) in [6, 6.07) is 10.4. The molecule has 1 aromatic carbocycles. The van der Waals surface area contributed by atoms with E-state index in [0.29, 0.717) is 17.3 Å². The predicted octanol–water partition coefficient (Wildman–Crippen LogP) is 3.47. The fraction of sp³-hybridized carbons (Fsp3) is 0.0714. The molecule has 0 aliphatic heterocycles. The second-order valence-corrected chi connectivity index (χ2v) is 5.51. The molecule has 0 radical (unpaired) electrons. The molecule has 0 unspecified atom stereocenters. The Balaban J connectivity index is 1.98. The number of benzene rings is 1. The monoisotopic (exact) mass is 286 g/mol. The van der Waals surface area contributed by atoms with Crippen molar-refractivity contribution in [1.29, 1.82) is 0 Å². The van der Waals surface area contributed by atoms with Crippen molar-refractivity contribution in [3.8, 4) is 22.2 Å². The van der Waals surface area contributed by atoms with Gasteiger partial charge >= 0.3 is 5.97 Å². The molecule has 3 rings (SSSR count). The summed E-state index contributed by atoms with van der Waals surface area (Å²) in [6.45, 7) is 2.00. The summed E-state index contributed by atoms with van der Waals surface area (Å²) in [5.74, 6) is -0.155. The second-order valence-electron chi connectivity index (χ2n) is 4.22.